The predicted octanol–water partition coefficient (Wildman–Crippen LogP) is 2.25. The average Bonchev–Trinajstić information content (AvgIpc) is 2.38. The van der Waals surface area contributed by atoms with Gasteiger partial charge < -0.3 is 14.9 Å². The van der Waals surface area contributed by atoms with Crippen LogP contribution in [0.1, 0.15) is 37.7 Å². The first-order chi connectivity index (χ1) is 8.22. The van der Waals surface area contributed by atoms with Crippen LogP contribution in [-0.4, -0.2) is 22.4 Å². The molecule has 94 valence electrons. The van der Waals surface area contributed by atoms with Crippen molar-refractivity contribution in [2.75, 3.05) is 6.61 Å². The van der Waals surface area contributed by atoms with Crippen molar-refractivity contribution >= 4 is 0 Å². The minimum atomic E-state index is -0.659. The zero-order valence-corrected chi connectivity index (χ0v) is 10.1. The van der Waals surface area contributed by atoms with Gasteiger partial charge >= 0.3 is 0 Å². The van der Waals surface area contributed by atoms with E-state index in [1.54, 1.807) is 0 Å². The molecule has 0 aliphatic heterocycles. The summed E-state index contributed by atoms with van der Waals surface area (Å²) in [6.07, 6.45) is 5.02. The lowest BCUT2D eigenvalue weighted by molar-refractivity contribution is -0.0339. The Bertz CT molecular complexity index is 356. The number of hydrogen-bond donors (Lipinski definition) is 2. The maximum Gasteiger partial charge on any atom is 0.119 e. The Morgan fingerprint density at radius 2 is 1.94 bits per heavy atom. The van der Waals surface area contributed by atoms with Crippen LogP contribution in [0.25, 0.3) is 0 Å². The maximum absolute atomic E-state index is 10.3. The number of rotatable bonds is 4. The van der Waals surface area contributed by atoms with Crippen molar-refractivity contribution in [1.29, 1.82) is 0 Å². The number of hydrogen-bond acceptors (Lipinski definition) is 3. The molecule has 0 aromatic heterocycles. The Hall–Kier alpha value is -1.06. The minimum absolute atomic E-state index is 0.0153. The second-order valence-corrected chi connectivity index (χ2v) is 4.88. The van der Waals surface area contributed by atoms with Crippen molar-refractivity contribution in [3.63, 3.8) is 0 Å². The van der Waals surface area contributed by atoms with E-state index in [1.165, 1.54) is 6.42 Å². The van der Waals surface area contributed by atoms with E-state index in [-0.39, 0.29) is 6.61 Å². The van der Waals surface area contributed by atoms with Gasteiger partial charge in [-0.1, -0.05) is 31.4 Å². The van der Waals surface area contributed by atoms with Crippen LogP contribution in [0.4, 0.5) is 0 Å². The Morgan fingerprint density at radius 1 is 1.18 bits per heavy atom. The lowest BCUT2D eigenvalue weighted by Gasteiger charge is -2.31. The second kappa shape index (κ2) is 5.52. The molecule has 2 rings (SSSR count). The minimum Gasteiger partial charge on any atom is -0.491 e. The van der Waals surface area contributed by atoms with Crippen LogP contribution in [0.5, 0.6) is 5.75 Å². The van der Waals surface area contributed by atoms with E-state index >= 15 is 0 Å². The maximum atomic E-state index is 10.3. The molecule has 17 heavy (non-hydrogen) atoms. The zero-order chi connectivity index (χ0) is 12.1. The highest BCUT2D eigenvalue weighted by molar-refractivity contribution is 5.28. The van der Waals surface area contributed by atoms with Crippen molar-refractivity contribution in [2.24, 2.45) is 0 Å². The molecule has 3 heteroatoms. The van der Waals surface area contributed by atoms with E-state index in [0.29, 0.717) is 6.61 Å². The molecule has 0 unspecified atom stereocenters. The number of benzene rings is 1. The Labute approximate surface area is 102 Å². The fraction of sp³-hybridized carbons (Fsp3) is 0.571. The van der Waals surface area contributed by atoms with Gasteiger partial charge in [0.1, 0.15) is 12.4 Å². The van der Waals surface area contributed by atoms with Crippen LogP contribution in [0.2, 0.25) is 0 Å². The largest absolute Gasteiger partial charge is 0.491 e. The number of ether oxygens (including phenoxy) is 1. The molecule has 1 aromatic rings. The predicted molar refractivity (Wildman–Crippen MR) is 65.9 cm³/mol. The molecule has 2 N–H and O–H groups in total. The molecule has 0 heterocycles. The highest BCUT2D eigenvalue weighted by atomic mass is 16.5. The van der Waals surface area contributed by atoms with Gasteiger partial charge in [0, 0.05) is 0 Å². The Balaban J connectivity index is 1.92. The van der Waals surface area contributed by atoms with Gasteiger partial charge in [-0.2, -0.15) is 0 Å². The molecule has 0 atom stereocenters. The number of aliphatic hydroxyl groups is 2. The van der Waals surface area contributed by atoms with Crippen LogP contribution in [0.15, 0.2) is 24.3 Å². The molecule has 0 saturated heterocycles. The summed E-state index contributed by atoms with van der Waals surface area (Å²) in [4.78, 5) is 0. The fourth-order valence-electron chi connectivity index (χ4n) is 2.31. The van der Waals surface area contributed by atoms with Gasteiger partial charge in [-0.15, -0.1) is 0 Å². The molecule has 0 radical (unpaired) electrons. The van der Waals surface area contributed by atoms with Crippen LogP contribution >= 0.6 is 0 Å². The van der Waals surface area contributed by atoms with Crippen molar-refractivity contribution < 1.29 is 14.9 Å². The smallest absolute Gasteiger partial charge is 0.119 e. The van der Waals surface area contributed by atoms with Crippen LogP contribution in [-0.2, 0) is 6.61 Å². The molecular formula is C14H20O3. The van der Waals surface area contributed by atoms with Crippen molar-refractivity contribution in [1.82, 2.24) is 0 Å². The molecule has 1 aliphatic rings. The standard InChI is InChI=1S/C14H20O3/c15-10-12-5-4-6-13(9-12)17-11-14(16)7-2-1-3-8-14/h4-6,9,15-16H,1-3,7-8,10-11H2. The fourth-order valence-corrected chi connectivity index (χ4v) is 2.31. The highest BCUT2D eigenvalue weighted by Gasteiger charge is 2.29. The normalized spacial score (nSPS) is 18.9. The summed E-state index contributed by atoms with van der Waals surface area (Å²) in [7, 11) is 0. The van der Waals surface area contributed by atoms with E-state index in [2.05, 4.69) is 0 Å². The molecular weight excluding hydrogens is 216 g/mol. The van der Waals surface area contributed by atoms with Gasteiger partial charge in [0.15, 0.2) is 0 Å². The molecule has 1 fully saturated rings. The first-order valence-electron chi connectivity index (χ1n) is 6.27. The van der Waals surface area contributed by atoms with E-state index in [9.17, 15) is 5.11 Å². The zero-order valence-electron chi connectivity index (χ0n) is 10.1. The van der Waals surface area contributed by atoms with E-state index < -0.39 is 5.60 Å². The summed E-state index contributed by atoms with van der Waals surface area (Å²) in [5.74, 6) is 0.718. The molecule has 0 amide bonds. The van der Waals surface area contributed by atoms with E-state index in [1.807, 2.05) is 24.3 Å². The Morgan fingerprint density at radius 3 is 2.65 bits per heavy atom. The van der Waals surface area contributed by atoms with Gasteiger partial charge in [0.2, 0.25) is 0 Å². The second-order valence-electron chi connectivity index (χ2n) is 4.88. The number of aliphatic hydroxyl groups excluding tert-OH is 1. The van der Waals surface area contributed by atoms with E-state index in [0.717, 1.165) is 37.0 Å². The lowest BCUT2D eigenvalue weighted by Crippen LogP contribution is -2.37. The third-order valence-corrected chi connectivity index (χ3v) is 3.37. The molecule has 1 aromatic carbocycles. The van der Waals surface area contributed by atoms with E-state index in [4.69, 9.17) is 9.84 Å². The Kier molecular flexibility index (Phi) is 4.02. The van der Waals surface area contributed by atoms with Crippen LogP contribution in [0.3, 0.4) is 0 Å². The summed E-state index contributed by atoms with van der Waals surface area (Å²) < 4.78 is 5.63. The van der Waals surface area contributed by atoms with Gasteiger partial charge in [0.05, 0.1) is 12.2 Å². The molecule has 0 bridgehead atoms. The topological polar surface area (TPSA) is 49.7 Å². The summed E-state index contributed by atoms with van der Waals surface area (Å²) >= 11 is 0. The first kappa shape index (κ1) is 12.4. The SMILES string of the molecule is OCc1cccc(OCC2(O)CCCCC2)c1. The lowest BCUT2D eigenvalue weighted by atomic mass is 9.85. The van der Waals surface area contributed by atoms with Gasteiger partial charge in [-0.3, -0.25) is 0 Å². The van der Waals surface area contributed by atoms with Crippen LogP contribution < -0.4 is 4.74 Å². The molecule has 0 spiro atoms. The summed E-state index contributed by atoms with van der Waals surface area (Å²) in [6, 6.07) is 7.37. The average molecular weight is 236 g/mol. The van der Waals surface area contributed by atoms with Gasteiger partial charge in [-0.05, 0) is 30.5 Å². The van der Waals surface area contributed by atoms with Crippen LogP contribution in [0, 0.1) is 0 Å². The van der Waals surface area contributed by atoms with Gasteiger partial charge in [-0.25, -0.2) is 0 Å². The van der Waals surface area contributed by atoms with Crippen molar-refractivity contribution in [2.45, 2.75) is 44.3 Å². The summed E-state index contributed by atoms with van der Waals surface area (Å²) in [5, 5.41) is 19.3. The summed E-state index contributed by atoms with van der Waals surface area (Å²) in [5.41, 5.74) is 0.172. The van der Waals surface area contributed by atoms with Crippen molar-refractivity contribution in [3.8, 4) is 5.75 Å². The third kappa shape index (κ3) is 3.45. The quantitative estimate of drug-likeness (QED) is 0.843. The highest BCUT2D eigenvalue weighted by Crippen LogP contribution is 2.28. The summed E-state index contributed by atoms with van der Waals surface area (Å²) in [6.45, 7) is 0.364. The molecule has 1 aliphatic carbocycles. The first-order valence-corrected chi connectivity index (χ1v) is 6.27. The van der Waals surface area contributed by atoms with Gasteiger partial charge in [0.25, 0.3) is 0 Å². The van der Waals surface area contributed by atoms with Crippen molar-refractivity contribution in [3.05, 3.63) is 29.8 Å². The monoisotopic (exact) mass is 236 g/mol. The molecule has 3 nitrogen and oxygen atoms in total. The molecule has 1 saturated carbocycles. The third-order valence-electron chi connectivity index (χ3n) is 3.37.